The minimum absolute atomic E-state index is 0. The quantitative estimate of drug-likeness (QED) is 0.537. The van der Waals surface area contributed by atoms with Crippen LogP contribution in [0.15, 0.2) is 29.2 Å². The van der Waals surface area contributed by atoms with Crippen molar-refractivity contribution in [3.63, 3.8) is 0 Å². The highest BCUT2D eigenvalue weighted by molar-refractivity contribution is 7.89. The molecule has 14 heteroatoms. The Morgan fingerprint density at radius 2 is 1.87 bits per heavy atom. The van der Waals surface area contributed by atoms with E-state index in [1.165, 1.54) is 11.0 Å². The number of halogens is 4. The molecular formula is C16H22BClF3N3O5S. The molecule has 1 amide bonds. The number of amides is 1. The van der Waals surface area contributed by atoms with E-state index in [0.717, 1.165) is 16.4 Å². The van der Waals surface area contributed by atoms with E-state index in [-0.39, 0.29) is 32.0 Å². The van der Waals surface area contributed by atoms with Crippen LogP contribution >= 0.6 is 12.4 Å². The van der Waals surface area contributed by atoms with Crippen LogP contribution in [-0.4, -0.2) is 78.9 Å². The van der Waals surface area contributed by atoms with Gasteiger partial charge in [-0.05, 0) is 25.0 Å². The monoisotopic (exact) mass is 471 g/mol. The highest BCUT2D eigenvalue weighted by Crippen LogP contribution is 2.35. The van der Waals surface area contributed by atoms with Crippen molar-refractivity contribution in [1.82, 2.24) is 14.5 Å². The van der Waals surface area contributed by atoms with Gasteiger partial charge < -0.3 is 20.3 Å². The summed E-state index contributed by atoms with van der Waals surface area (Å²) in [6.45, 7) is -0.0740. The highest BCUT2D eigenvalue weighted by Gasteiger charge is 2.43. The fraction of sp³-hybridized carbons (Fsp3) is 0.562. The summed E-state index contributed by atoms with van der Waals surface area (Å²) in [6.07, 6.45) is -3.87. The number of benzene rings is 1. The van der Waals surface area contributed by atoms with Crippen LogP contribution in [0.1, 0.15) is 18.4 Å². The van der Waals surface area contributed by atoms with Gasteiger partial charge >= 0.3 is 13.3 Å². The van der Waals surface area contributed by atoms with E-state index in [4.69, 9.17) is 0 Å². The molecule has 0 aromatic heterocycles. The Kier molecular flexibility index (Phi) is 7.81. The van der Waals surface area contributed by atoms with Crippen molar-refractivity contribution in [2.24, 2.45) is 0 Å². The molecule has 8 nitrogen and oxygen atoms in total. The van der Waals surface area contributed by atoms with Crippen molar-refractivity contribution >= 4 is 35.5 Å². The second-order valence-electron chi connectivity index (χ2n) is 7.02. The first-order valence-corrected chi connectivity index (χ1v) is 10.5. The zero-order valence-electron chi connectivity index (χ0n) is 15.7. The molecule has 2 saturated heterocycles. The lowest BCUT2D eigenvalue weighted by atomic mass is 9.77. The highest BCUT2D eigenvalue weighted by atomic mass is 35.5. The standard InChI is InChI=1S/C16H21BF3N3O5S.ClH/c18-16(19,20)11-4-1-2-5-13(11)29(27,28)22-9-7-21-12(10-22)15(24)23-8-3-6-14(23)17(25)26;/h1-2,4-5,12,14,21,25-26H,3,6-10H2;1H/t12?,14-;/m0./s1. The zero-order valence-corrected chi connectivity index (χ0v) is 17.4. The van der Waals surface area contributed by atoms with Crippen molar-refractivity contribution in [1.29, 1.82) is 0 Å². The van der Waals surface area contributed by atoms with Gasteiger partial charge in [0.25, 0.3) is 0 Å². The van der Waals surface area contributed by atoms with E-state index in [1.54, 1.807) is 0 Å². The molecule has 2 heterocycles. The minimum Gasteiger partial charge on any atom is -0.426 e. The summed E-state index contributed by atoms with van der Waals surface area (Å²) in [4.78, 5) is 13.2. The topological polar surface area (TPSA) is 110 Å². The second kappa shape index (κ2) is 9.41. The first-order valence-electron chi connectivity index (χ1n) is 9.10. The van der Waals surface area contributed by atoms with E-state index >= 15 is 0 Å². The molecule has 3 N–H and O–H groups in total. The molecule has 168 valence electrons. The fourth-order valence-corrected chi connectivity index (χ4v) is 5.42. The lowest BCUT2D eigenvalue weighted by Crippen LogP contribution is -2.60. The molecular weight excluding hydrogens is 450 g/mol. The number of carbonyl (C=O) groups is 1. The third kappa shape index (κ3) is 4.92. The van der Waals surface area contributed by atoms with Crippen LogP contribution in [0.3, 0.4) is 0 Å². The number of likely N-dealkylation sites (tertiary alicyclic amines) is 1. The molecule has 1 unspecified atom stereocenters. The largest absolute Gasteiger partial charge is 0.475 e. The van der Waals surface area contributed by atoms with E-state index < -0.39 is 51.7 Å². The average Bonchev–Trinajstić information content (AvgIpc) is 3.17. The fourth-order valence-electron chi connectivity index (χ4n) is 3.75. The molecule has 2 aliphatic heterocycles. The van der Waals surface area contributed by atoms with Gasteiger partial charge in [-0.2, -0.15) is 17.5 Å². The van der Waals surface area contributed by atoms with Crippen LogP contribution in [0.5, 0.6) is 0 Å². The molecule has 2 atom stereocenters. The van der Waals surface area contributed by atoms with E-state index in [9.17, 15) is 36.4 Å². The van der Waals surface area contributed by atoms with Crippen LogP contribution < -0.4 is 5.32 Å². The van der Waals surface area contributed by atoms with Gasteiger partial charge in [-0.15, -0.1) is 12.4 Å². The molecule has 2 fully saturated rings. The predicted molar refractivity (Wildman–Crippen MR) is 104 cm³/mol. The first kappa shape index (κ1) is 24.9. The van der Waals surface area contributed by atoms with Gasteiger partial charge in [-0.1, -0.05) is 12.1 Å². The van der Waals surface area contributed by atoms with Gasteiger partial charge in [0.05, 0.1) is 16.4 Å². The Hall–Kier alpha value is -1.38. The smallest absolute Gasteiger partial charge is 0.426 e. The summed E-state index contributed by atoms with van der Waals surface area (Å²) < 4.78 is 66.5. The minimum atomic E-state index is -4.84. The number of hydrogen-bond acceptors (Lipinski definition) is 6. The number of alkyl halides is 3. The molecule has 0 radical (unpaired) electrons. The Morgan fingerprint density at radius 1 is 1.20 bits per heavy atom. The number of nitrogens with one attached hydrogen (secondary N) is 1. The van der Waals surface area contributed by atoms with Gasteiger partial charge in [0.1, 0.15) is 6.04 Å². The number of piperazine rings is 1. The van der Waals surface area contributed by atoms with Crippen molar-refractivity contribution in [3.05, 3.63) is 29.8 Å². The van der Waals surface area contributed by atoms with E-state index in [2.05, 4.69) is 5.32 Å². The molecule has 0 spiro atoms. The molecule has 2 aliphatic rings. The Morgan fingerprint density at radius 3 is 2.50 bits per heavy atom. The number of carbonyl (C=O) groups excluding carboxylic acids is 1. The van der Waals surface area contributed by atoms with Gasteiger partial charge in [0.2, 0.25) is 15.9 Å². The maximum atomic E-state index is 13.3. The molecule has 30 heavy (non-hydrogen) atoms. The molecule has 3 rings (SSSR count). The van der Waals surface area contributed by atoms with Crippen molar-refractivity contribution in [2.45, 2.75) is 35.9 Å². The van der Waals surface area contributed by atoms with Crippen molar-refractivity contribution < 1.29 is 36.4 Å². The third-order valence-electron chi connectivity index (χ3n) is 5.17. The van der Waals surface area contributed by atoms with Crippen molar-refractivity contribution in [3.8, 4) is 0 Å². The van der Waals surface area contributed by atoms with Crippen LogP contribution in [0.25, 0.3) is 0 Å². The first-order chi connectivity index (χ1) is 13.5. The molecule has 1 aromatic carbocycles. The summed E-state index contributed by atoms with van der Waals surface area (Å²) in [6, 6.07) is 2.94. The van der Waals surface area contributed by atoms with Crippen LogP contribution in [0, 0.1) is 0 Å². The summed E-state index contributed by atoms with van der Waals surface area (Å²) in [5.41, 5.74) is -1.26. The van der Waals surface area contributed by atoms with Gasteiger partial charge in [0, 0.05) is 26.2 Å². The predicted octanol–water partition coefficient (Wildman–Crippen LogP) is 0.0927. The normalized spacial score (nSPS) is 23.2. The summed E-state index contributed by atoms with van der Waals surface area (Å²) >= 11 is 0. The zero-order chi connectivity index (χ0) is 21.4. The van der Waals surface area contributed by atoms with Gasteiger partial charge in [-0.25, -0.2) is 8.42 Å². The average molecular weight is 472 g/mol. The Labute approximate surface area is 178 Å². The summed E-state index contributed by atoms with van der Waals surface area (Å²) in [7, 11) is -6.21. The molecule has 0 bridgehead atoms. The molecule has 1 aromatic rings. The van der Waals surface area contributed by atoms with Crippen LogP contribution in [-0.2, 0) is 21.0 Å². The van der Waals surface area contributed by atoms with Crippen LogP contribution in [0.4, 0.5) is 13.2 Å². The molecule has 0 aliphatic carbocycles. The SMILES string of the molecule is Cl.O=C(C1CN(S(=O)(=O)c2ccccc2C(F)(F)F)CCN1)N1CCC[C@H]1B(O)O. The molecule has 0 saturated carbocycles. The maximum Gasteiger partial charge on any atom is 0.475 e. The second-order valence-corrected chi connectivity index (χ2v) is 8.92. The number of rotatable bonds is 4. The maximum absolute atomic E-state index is 13.3. The number of nitrogens with zero attached hydrogens (tertiary/aromatic N) is 2. The van der Waals surface area contributed by atoms with E-state index in [0.29, 0.717) is 25.5 Å². The number of hydrogen-bond donors (Lipinski definition) is 3. The van der Waals surface area contributed by atoms with E-state index in [1.807, 2.05) is 0 Å². The van der Waals surface area contributed by atoms with Gasteiger partial charge in [0.15, 0.2) is 0 Å². The lowest BCUT2D eigenvalue weighted by Gasteiger charge is -2.35. The Balaban J connectivity index is 0.00000320. The van der Waals surface area contributed by atoms with Gasteiger partial charge in [-0.3, -0.25) is 4.79 Å². The summed E-state index contributed by atoms with van der Waals surface area (Å²) in [5, 5.41) is 21.7. The Bertz CT molecular complexity index is 874. The lowest BCUT2D eigenvalue weighted by molar-refractivity contribution is -0.140. The van der Waals surface area contributed by atoms with Crippen molar-refractivity contribution in [2.75, 3.05) is 26.2 Å². The number of sulfonamides is 1. The van der Waals surface area contributed by atoms with Crippen LogP contribution in [0.2, 0.25) is 0 Å². The third-order valence-corrected chi connectivity index (χ3v) is 7.10. The summed E-state index contributed by atoms with van der Waals surface area (Å²) in [5.74, 6) is -1.30.